The third-order valence-electron chi connectivity index (χ3n) is 15.4. The van der Waals surface area contributed by atoms with Gasteiger partial charge in [-0.3, -0.25) is 14.4 Å². The zero-order valence-electron chi connectivity index (χ0n) is 49.2. The largest absolute Gasteiger partial charge is 0.462 e. The molecule has 0 radical (unpaired) electrons. The Labute approximate surface area is 450 Å². The summed E-state index contributed by atoms with van der Waals surface area (Å²) in [6.45, 7) is 6.74. The van der Waals surface area contributed by atoms with Gasteiger partial charge in [0.2, 0.25) is 0 Å². The molecule has 428 valence electrons. The zero-order chi connectivity index (χ0) is 52.2. The summed E-state index contributed by atoms with van der Waals surface area (Å²) in [5.41, 5.74) is 0. The van der Waals surface area contributed by atoms with Gasteiger partial charge in [0, 0.05) is 19.3 Å². The van der Waals surface area contributed by atoms with E-state index in [4.69, 9.17) is 14.2 Å². The van der Waals surface area contributed by atoms with Gasteiger partial charge < -0.3 is 14.2 Å². The predicted molar refractivity (Wildman–Crippen MR) is 312 cm³/mol. The van der Waals surface area contributed by atoms with E-state index in [-0.39, 0.29) is 31.1 Å². The van der Waals surface area contributed by atoms with Gasteiger partial charge in [-0.05, 0) is 19.3 Å². The Kier molecular flexibility index (Phi) is 60.6. The molecule has 72 heavy (non-hydrogen) atoms. The van der Waals surface area contributed by atoms with Gasteiger partial charge in [-0.1, -0.05) is 348 Å². The summed E-state index contributed by atoms with van der Waals surface area (Å²) in [6.07, 6.45) is 71.1. The maximum Gasteiger partial charge on any atom is 0.306 e. The molecule has 6 nitrogen and oxygen atoms in total. The maximum absolute atomic E-state index is 12.9. The lowest BCUT2D eigenvalue weighted by Crippen LogP contribution is -2.30. The summed E-state index contributed by atoms with van der Waals surface area (Å²) in [5, 5.41) is 0. The highest BCUT2D eigenvalue weighted by Crippen LogP contribution is 2.19. The summed E-state index contributed by atoms with van der Waals surface area (Å²) in [6, 6.07) is 0. The summed E-state index contributed by atoms with van der Waals surface area (Å²) in [4.78, 5) is 38.3. The van der Waals surface area contributed by atoms with Crippen LogP contribution in [0.15, 0.2) is 0 Å². The summed E-state index contributed by atoms with van der Waals surface area (Å²) >= 11 is 0. The fourth-order valence-corrected chi connectivity index (χ4v) is 10.4. The molecule has 0 aliphatic carbocycles. The van der Waals surface area contributed by atoms with Gasteiger partial charge in [0.15, 0.2) is 6.10 Å². The van der Waals surface area contributed by atoms with E-state index in [1.807, 2.05) is 0 Å². The van der Waals surface area contributed by atoms with Crippen LogP contribution in [-0.2, 0) is 28.6 Å². The molecule has 1 unspecified atom stereocenters. The maximum atomic E-state index is 12.9. The minimum Gasteiger partial charge on any atom is -0.462 e. The Hall–Kier alpha value is -1.59. The lowest BCUT2D eigenvalue weighted by Gasteiger charge is -2.18. The number of ether oxygens (including phenoxy) is 3. The van der Waals surface area contributed by atoms with Crippen molar-refractivity contribution in [3.05, 3.63) is 0 Å². The monoisotopic (exact) mass is 1020 g/mol. The minimum absolute atomic E-state index is 0.0603. The Bertz CT molecular complexity index is 1080. The summed E-state index contributed by atoms with van der Waals surface area (Å²) in [5.74, 6) is -0.822. The van der Waals surface area contributed by atoms with Gasteiger partial charge in [-0.15, -0.1) is 0 Å². The molecule has 1 atom stereocenters. The van der Waals surface area contributed by atoms with E-state index in [0.29, 0.717) is 19.3 Å². The normalized spacial score (nSPS) is 11.9. The molecule has 0 aromatic heterocycles. The van der Waals surface area contributed by atoms with Crippen LogP contribution in [-0.4, -0.2) is 37.2 Å². The molecule has 0 aliphatic heterocycles. The van der Waals surface area contributed by atoms with E-state index in [0.717, 1.165) is 57.8 Å². The molecular weight excluding hydrogens is 889 g/mol. The number of rotatable bonds is 62. The van der Waals surface area contributed by atoms with Crippen LogP contribution in [0.1, 0.15) is 387 Å². The fraction of sp³-hybridized carbons (Fsp3) is 0.955. The first-order valence-corrected chi connectivity index (χ1v) is 33.0. The van der Waals surface area contributed by atoms with Crippen LogP contribution >= 0.6 is 0 Å². The molecule has 0 aromatic carbocycles. The van der Waals surface area contributed by atoms with Crippen molar-refractivity contribution >= 4 is 17.9 Å². The topological polar surface area (TPSA) is 78.9 Å². The van der Waals surface area contributed by atoms with Crippen molar-refractivity contribution in [2.75, 3.05) is 13.2 Å². The van der Waals surface area contributed by atoms with E-state index in [9.17, 15) is 14.4 Å². The van der Waals surface area contributed by atoms with Gasteiger partial charge in [-0.25, -0.2) is 0 Å². The van der Waals surface area contributed by atoms with E-state index >= 15 is 0 Å². The molecule has 0 bridgehead atoms. The summed E-state index contributed by atoms with van der Waals surface area (Å²) in [7, 11) is 0. The Morgan fingerprint density at radius 3 is 0.556 bits per heavy atom. The Balaban J connectivity index is 4.26. The first-order valence-electron chi connectivity index (χ1n) is 33.0. The molecule has 0 aliphatic rings. The number of carbonyl (C=O) groups is 3. The van der Waals surface area contributed by atoms with Crippen LogP contribution in [0.2, 0.25) is 0 Å². The molecule has 6 heteroatoms. The third kappa shape index (κ3) is 59.3. The molecule has 0 heterocycles. The lowest BCUT2D eigenvalue weighted by atomic mass is 10.0. The standard InChI is InChI=1S/C66H128O6/c1-4-7-10-13-16-19-22-25-28-31-32-33-34-36-38-41-44-47-50-53-56-59-65(68)71-62-63(61-70-64(67)58-55-52-49-46-43-40-37-30-27-24-21-18-15-12-9-6-3)72-66(69)60-57-54-51-48-45-42-39-35-29-26-23-20-17-14-11-8-5-2/h63H,4-62H2,1-3H3. The Morgan fingerprint density at radius 1 is 0.222 bits per heavy atom. The third-order valence-corrected chi connectivity index (χ3v) is 15.4. The van der Waals surface area contributed by atoms with Crippen molar-refractivity contribution in [2.45, 2.75) is 393 Å². The van der Waals surface area contributed by atoms with Gasteiger partial charge >= 0.3 is 17.9 Å². The first kappa shape index (κ1) is 70.4. The van der Waals surface area contributed by atoms with Crippen molar-refractivity contribution < 1.29 is 28.6 Å². The van der Waals surface area contributed by atoms with E-state index in [1.165, 1.54) is 289 Å². The molecule has 0 fully saturated rings. The van der Waals surface area contributed by atoms with E-state index in [1.54, 1.807) is 0 Å². The predicted octanol–water partition coefficient (Wildman–Crippen LogP) is 22.3. The second-order valence-electron chi connectivity index (χ2n) is 22.8. The molecule has 0 spiro atoms. The van der Waals surface area contributed by atoms with Crippen molar-refractivity contribution in [3.8, 4) is 0 Å². The molecule has 0 rings (SSSR count). The average molecular weight is 1020 g/mol. The van der Waals surface area contributed by atoms with Crippen LogP contribution in [0, 0.1) is 0 Å². The molecule has 0 saturated heterocycles. The van der Waals surface area contributed by atoms with Crippen LogP contribution in [0.4, 0.5) is 0 Å². The number of unbranched alkanes of at least 4 members (excludes halogenated alkanes) is 51. The second kappa shape index (κ2) is 62.0. The van der Waals surface area contributed by atoms with Crippen molar-refractivity contribution in [2.24, 2.45) is 0 Å². The van der Waals surface area contributed by atoms with Crippen LogP contribution in [0.3, 0.4) is 0 Å². The number of hydrogen-bond donors (Lipinski definition) is 0. The minimum atomic E-state index is -0.762. The Morgan fingerprint density at radius 2 is 0.375 bits per heavy atom. The summed E-state index contributed by atoms with van der Waals surface area (Å²) < 4.78 is 17.0. The lowest BCUT2D eigenvalue weighted by molar-refractivity contribution is -0.167. The van der Waals surface area contributed by atoms with Crippen molar-refractivity contribution in [3.63, 3.8) is 0 Å². The highest BCUT2D eigenvalue weighted by atomic mass is 16.6. The smallest absolute Gasteiger partial charge is 0.306 e. The van der Waals surface area contributed by atoms with Gasteiger partial charge in [0.1, 0.15) is 13.2 Å². The van der Waals surface area contributed by atoms with Gasteiger partial charge in [-0.2, -0.15) is 0 Å². The van der Waals surface area contributed by atoms with Gasteiger partial charge in [0.25, 0.3) is 0 Å². The number of carbonyl (C=O) groups excluding carboxylic acids is 3. The highest BCUT2D eigenvalue weighted by Gasteiger charge is 2.19. The molecule has 0 saturated carbocycles. The number of esters is 3. The SMILES string of the molecule is CCCCCCCCCCCCCCCCCCCCCCCC(=O)OCC(COC(=O)CCCCCCCCCCCCCCCCCC)OC(=O)CCCCCCCCCCCCCCCCCCC. The second-order valence-corrected chi connectivity index (χ2v) is 22.8. The van der Waals surface area contributed by atoms with E-state index in [2.05, 4.69) is 20.8 Å². The quantitative estimate of drug-likeness (QED) is 0.0343. The molecule has 0 aromatic rings. The zero-order valence-corrected chi connectivity index (χ0v) is 49.2. The molecule has 0 N–H and O–H groups in total. The first-order chi connectivity index (χ1) is 35.5. The number of hydrogen-bond acceptors (Lipinski definition) is 6. The van der Waals surface area contributed by atoms with Crippen LogP contribution in [0.25, 0.3) is 0 Å². The molecular formula is C66H128O6. The van der Waals surface area contributed by atoms with Crippen molar-refractivity contribution in [1.82, 2.24) is 0 Å². The molecule has 0 amide bonds. The average Bonchev–Trinajstić information content (AvgIpc) is 3.38. The van der Waals surface area contributed by atoms with Crippen LogP contribution in [0.5, 0.6) is 0 Å². The highest BCUT2D eigenvalue weighted by molar-refractivity contribution is 5.71. The fourth-order valence-electron chi connectivity index (χ4n) is 10.4. The van der Waals surface area contributed by atoms with Crippen molar-refractivity contribution in [1.29, 1.82) is 0 Å². The van der Waals surface area contributed by atoms with Gasteiger partial charge in [0.05, 0.1) is 0 Å². The van der Waals surface area contributed by atoms with E-state index < -0.39 is 6.10 Å². The van der Waals surface area contributed by atoms with Crippen LogP contribution < -0.4 is 0 Å².